The molecule has 0 aromatic heterocycles. The van der Waals surface area contributed by atoms with Crippen molar-refractivity contribution in [2.75, 3.05) is 0 Å². The van der Waals surface area contributed by atoms with Crippen molar-refractivity contribution in [1.29, 1.82) is 0 Å². The van der Waals surface area contributed by atoms with Crippen molar-refractivity contribution in [3.8, 4) is 0 Å². The molecule has 0 aliphatic heterocycles. The molecule has 0 aliphatic rings. The molecule has 0 bridgehead atoms. The summed E-state index contributed by atoms with van der Waals surface area (Å²) in [6, 6.07) is 0. The van der Waals surface area contributed by atoms with Gasteiger partial charge in [0.1, 0.15) is 5.56 Å². The SMILES string of the molecule is O[CH]CCCC(O)Cl. The number of hydrogen-bond donors (Lipinski definition) is 2. The molecule has 0 aliphatic carbocycles. The van der Waals surface area contributed by atoms with Gasteiger partial charge in [-0.15, -0.1) is 0 Å². The summed E-state index contributed by atoms with van der Waals surface area (Å²) in [5.74, 6) is 0. The lowest BCUT2D eigenvalue weighted by Crippen LogP contribution is -1.94. The van der Waals surface area contributed by atoms with Crippen LogP contribution in [0.25, 0.3) is 0 Å². The number of halogens is 1. The summed E-state index contributed by atoms with van der Waals surface area (Å²) in [5.41, 5.74) is -0.755. The predicted molar refractivity (Wildman–Crippen MR) is 31.9 cm³/mol. The molecule has 2 N–H and O–H groups in total. The first-order valence-corrected chi connectivity index (χ1v) is 2.99. The van der Waals surface area contributed by atoms with Crippen LogP contribution >= 0.6 is 11.6 Å². The van der Waals surface area contributed by atoms with E-state index in [9.17, 15) is 0 Å². The van der Waals surface area contributed by atoms with Crippen molar-refractivity contribution in [2.45, 2.75) is 24.8 Å². The monoisotopic (exact) mass is 137 g/mol. The minimum Gasteiger partial charge on any atom is -0.390 e. The minimum absolute atomic E-state index is 0.540. The second kappa shape index (κ2) is 5.35. The number of unbranched alkanes of at least 4 members (excludes halogenated alkanes) is 1. The smallest absolute Gasteiger partial charge is 0.128 e. The van der Waals surface area contributed by atoms with E-state index in [0.717, 1.165) is 13.0 Å². The zero-order valence-corrected chi connectivity index (χ0v) is 5.30. The van der Waals surface area contributed by atoms with Crippen LogP contribution in [-0.2, 0) is 0 Å². The molecule has 0 aromatic rings. The highest BCUT2D eigenvalue weighted by atomic mass is 35.5. The highest BCUT2D eigenvalue weighted by Crippen LogP contribution is 2.03. The second-order valence-electron chi connectivity index (χ2n) is 1.55. The maximum Gasteiger partial charge on any atom is 0.128 e. The number of aliphatic hydroxyl groups is 2. The summed E-state index contributed by atoms with van der Waals surface area (Å²) < 4.78 is 0. The van der Waals surface area contributed by atoms with Crippen LogP contribution < -0.4 is 0 Å². The lowest BCUT2D eigenvalue weighted by Gasteiger charge is -1.97. The number of rotatable bonds is 4. The molecular formula is C5H10ClO2. The van der Waals surface area contributed by atoms with E-state index in [4.69, 9.17) is 21.8 Å². The van der Waals surface area contributed by atoms with E-state index in [1.165, 1.54) is 0 Å². The van der Waals surface area contributed by atoms with Crippen LogP contribution in [-0.4, -0.2) is 15.8 Å². The summed E-state index contributed by atoms with van der Waals surface area (Å²) >= 11 is 5.17. The van der Waals surface area contributed by atoms with Crippen LogP contribution in [0.3, 0.4) is 0 Å². The maximum atomic E-state index is 8.45. The van der Waals surface area contributed by atoms with Gasteiger partial charge in [-0.3, -0.25) is 0 Å². The van der Waals surface area contributed by atoms with E-state index < -0.39 is 5.56 Å². The summed E-state index contributed by atoms with van der Waals surface area (Å²) in [4.78, 5) is 0. The van der Waals surface area contributed by atoms with Gasteiger partial charge in [0.25, 0.3) is 0 Å². The molecular weight excluding hydrogens is 128 g/mol. The molecule has 0 spiro atoms. The first-order valence-electron chi connectivity index (χ1n) is 2.55. The summed E-state index contributed by atoms with van der Waals surface area (Å²) in [6.45, 7) is 1.07. The van der Waals surface area contributed by atoms with Gasteiger partial charge >= 0.3 is 0 Å². The largest absolute Gasteiger partial charge is 0.390 e. The molecule has 8 heavy (non-hydrogen) atoms. The Balaban J connectivity index is 2.72. The Morgan fingerprint density at radius 3 is 2.62 bits per heavy atom. The lowest BCUT2D eigenvalue weighted by molar-refractivity contribution is 0.238. The molecule has 3 heteroatoms. The molecule has 0 fully saturated rings. The fourth-order valence-electron chi connectivity index (χ4n) is 0.378. The molecule has 0 aromatic carbocycles. The van der Waals surface area contributed by atoms with E-state index in [1.54, 1.807) is 0 Å². The molecule has 1 unspecified atom stereocenters. The Hall–Kier alpha value is 0.210. The van der Waals surface area contributed by atoms with Gasteiger partial charge in [-0.05, 0) is 19.3 Å². The topological polar surface area (TPSA) is 40.5 Å². The van der Waals surface area contributed by atoms with E-state index in [2.05, 4.69) is 0 Å². The lowest BCUT2D eigenvalue weighted by atomic mass is 10.2. The molecule has 0 amide bonds. The van der Waals surface area contributed by atoms with Gasteiger partial charge in [-0.1, -0.05) is 11.6 Å². The Labute approximate surface area is 54.1 Å². The molecule has 1 radical (unpaired) electrons. The summed E-state index contributed by atoms with van der Waals surface area (Å²) in [6.07, 6.45) is 1.88. The van der Waals surface area contributed by atoms with Gasteiger partial charge in [0.15, 0.2) is 0 Å². The Morgan fingerprint density at radius 1 is 1.62 bits per heavy atom. The first-order chi connectivity index (χ1) is 3.77. The van der Waals surface area contributed by atoms with Gasteiger partial charge in [0.05, 0.1) is 6.61 Å². The predicted octanol–water partition coefficient (Wildman–Crippen LogP) is 1.25. The third-order valence-electron chi connectivity index (χ3n) is 0.776. The van der Waals surface area contributed by atoms with Crippen molar-refractivity contribution in [3.05, 3.63) is 6.61 Å². The zero-order chi connectivity index (χ0) is 6.41. The summed E-state index contributed by atoms with van der Waals surface area (Å²) in [7, 11) is 0. The average Bonchev–Trinajstić information content (AvgIpc) is 1.66. The second-order valence-corrected chi connectivity index (χ2v) is 2.05. The van der Waals surface area contributed by atoms with Gasteiger partial charge in [-0.2, -0.15) is 0 Å². The van der Waals surface area contributed by atoms with E-state index in [0.29, 0.717) is 12.8 Å². The third-order valence-corrected chi connectivity index (χ3v) is 0.994. The van der Waals surface area contributed by atoms with Crippen LogP contribution in [0.15, 0.2) is 0 Å². The summed E-state index contributed by atoms with van der Waals surface area (Å²) in [5, 5.41) is 16.6. The van der Waals surface area contributed by atoms with Crippen molar-refractivity contribution in [1.82, 2.24) is 0 Å². The van der Waals surface area contributed by atoms with Crippen LogP contribution in [0.1, 0.15) is 19.3 Å². The Bertz CT molecular complexity index is 47.7. The van der Waals surface area contributed by atoms with Crippen molar-refractivity contribution >= 4 is 11.6 Å². The van der Waals surface area contributed by atoms with Crippen LogP contribution in [0, 0.1) is 6.61 Å². The van der Waals surface area contributed by atoms with E-state index >= 15 is 0 Å². The Morgan fingerprint density at radius 2 is 2.25 bits per heavy atom. The van der Waals surface area contributed by atoms with Crippen LogP contribution in [0.2, 0.25) is 0 Å². The normalized spacial score (nSPS) is 13.9. The van der Waals surface area contributed by atoms with E-state index in [-0.39, 0.29) is 0 Å². The molecule has 0 rings (SSSR count). The van der Waals surface area contributed by atoms with Crippen molar-refractivity contribution in [3.63, 3.8) is 0 Å². The van der Waals surface area contributed by atoms with Crippen LogP contribution in [0.5, 0.6) is 0 Å². The van der Waals surface area contributed by atoms with Crippen LogP contribution in [0.4, 0.5) is 0 Å². The quantitative estimate of drug-likeness (QED) is 0.452. The molecule has 2 nitrogen and oxygen atoms in total. The average molecular weight is 138 g/mol. The highest BCUT2D eigenvalue weighted by molar-refractivity contribution is 6.19. The fourth-order valence-corrected chi connectivity index (χ4v) is 0.532. The third kappa shape index (κ3) is 6.21. The molecule has 49 valence electrons. The van der Waals surface area contributed by atoms with Gasteiger partial charge < -0.3 is 10.2 Å². The number of hydrogen-bond acceptors (Lipinski definition) is 2. The fraction of sp³-hybridized carbons (Fsp3) is 0.800. The zero-order valence-electron chi connectivity index (χ0n) is 4.55. The Kier molecular flexibility index (Phi) is 5.49. The van der Waals surface area contributed by atoms with Gasteiger partial charge in [-0.25, -0.2) is 0 Å². The maximum absolute atomic E-state index is 8.45. The molecule has 1 atom stereocenters. The standard InChI is InChI=1S/C5H10ClO2/c6-5(8)3-1-2-4-7/h4-5,7-8H,1-3H2. The van der Waals surface area contributed by atoms with Gasteiger partial charge in [0, 0.05) is 0 Å². The number of alkyl halides is 1. The highest BCUT2D eigenvalue weighted by Gasteiger charge is 1.95. The van der Waals surface area contributed by atoms with E-state index in [1.807, 2.05) is 0 Å². The molecule has 0 saturated carbocycles. The molecule has 0 heterocycles. The first kappa shape index (κ1) is 8.21. The van der Waals surface area contributed by atoms with Crippen molar-refractivity contribution < 1.29 is 10.2 Å². The number of aliphatic hydroxyl groups excluding tert-OH is 2. The minimum atomic E-state index is -0.755. The molecule has 0 saturated heterocycles. The van der Waals surface area contributed by atoms with Crippen molar-refractivity contribution in [2.24, 2.45) is 0 Å². The van der Waals surface area contributed by atoms with Gasteiger partial charge in [0.2, 0.25) is 0 Å².